The highest BCUT2D eigenvalue weighted by molar-refractivity contribution is 8.00. The van der Waals surface area contributed by atoms with Gasteiger partial charge in [-0.1, -0.05) is 0 Å². The van der Waals surface area contributed by atoms with Gasteiger partial charge in [0.15, 0.2) is 0 Å². The van der Waals surface area contributed by atoms with Crippen molar-refractivity contribution < 1.29 is 14.3 Å². The van der Waals surface area contributed by atoms with Gasteiger partial charge in [-0.05, 0) is 75.3 Å². The van der Waals surface area contributed by atoms with E-state index in [1.807, 2.05) is 55.5 Å². The lowest BCUT2D eigenvalue weighted by molar-refractivity contribution is -0.115. The van der Waals surface area contributed by atoms with Gasteiger partial charge in [-0.2, -0.15) is 0 Å². The number of anilines is 1. The number of ether oxygens (including phenoxy) is 2. The summed E-state index contributed by atoms with van der Waals surface area (Å²) in [6.45, 7) is 4.05. The van der Waals surface area contributed by atoms with Crippen molar-refractivity contribution in [3.05, 3.63) is 48.5 Å². The number of carbonyl (C=O) groups is 1. The summed E-state index contributed by atoms with van der Waals surface area (Å²) in [7, 11) is 3.78. The van der Waals surface area contributed by atoms with Crippen LogP contribution >= 0.6 is 11.8 Å². The fraction of sp³-hybridized carbons (Fsp3) is 0.409. The number of carbonyl (C=O) groups excluding carboxylic acids is 1. The predicted octanol–water partition coefficient (Wildman–Crippen LogP) is 4.29. The first-order chi connectivity index (χ1) is 13.5. The first-order valence-electron chi connectivity index (χ1n) is 9.60. The Kier molecular flexibility index (Phi) is 7.23. The molecule has 1 atom stereocenters. The van der Waals surface area contributed by atoms with Gasteiger partial charge in [-0.15, -0.1) is 11.8 Å². The monoisotopic (exact) mass is 400 g/mol. The van der Waals surface area contributed by atoms with Crippen LogP contribution in [-0.4, -0.2) is 49.4 Å². The lowest BCUT2D eigenvalue weighted by Gasteiger charge is -2.29. The summed E-state index contributed by atoms with van der Waals surface area (Å²) in [6, 6.07) is 15.4. The molecule has 0 spiro atoms. The van der Waals surface area contributed by atoms with Crippen molar-refractivity contribution >= 4 is 23.4 Å². The summed E-state index contributed by atoms with van der Waals surface area (Å²) in [5.74, 6) is 1.64. The number of methoxy groups -OCH3 is 1. The van der Waals surface area contributed by atoms with Crippen molar-refractivity contribution in [3.63, 3.8) is 0 Å². The molecule has 0 unspecified atom stereocenters. The van der Waals surface area contributed by atoms with Gasteiger partial charge in [0.05, 0.1) is 12.4 Å². The zero-order valence-corrected chi connectivity index (χ0v) is 17.5. The first kappa shape index (κ1) is 20.6. The molecule has 0 bridgehead atoms. The number of hydrogen-bond donors (Lipinski definition) is 1. The summed E-state index contributed by atoms with van der Waals surface area (Å²) in [6.07, 6.45) is 2.38. The van der Waals surface area contributed by atoms with Gasteiger partial charge in [-0.25, -0.2) is 0 Å². The van der Waals surface area contributed by atoms with E-state index in [4.69, 9.17) is 9.47 Å². The Hall–Kier alpha value is -2.18. The standard InChI is InChI=1S/C22H28N2O3S/c1-16(28-21-10-8-18(26-3)9-11-21)22(25)23-17-4-6-19(7-5-17)27-20-12-14-24(2)15-13-20/h4-11,16,20H,12-15H2,1-3H3,(H,23,25)/t16-/m1/s1. The molecule has 1 saturated heterocycles. The molecule has 0 saturated carbocycles. The van der Waals surface area contributed by atoms with E-state index in [-0.39, 0.29) is 17.3 Å². The second-order valence-corrected chi connectivity index (χ2v) is 8.48. The smallest absolute Gasteiger partial charge is 0.237 e. The summed E-state index contributed by atoms with van der Waals surface area (Å²) in [4.78, 5) is 15.8. The van der Waals surface area contributed by atoms with Crippen LogP contribution in [0.15, 0.2) is 53.4 Å². The van der Waals surface area contributed by atoms with Gasteiger partial charge in [-0.3, -0.25) is 4.79 Å². The van der Waals surface area contributed by atoms with Crippen LogP contribution in [0.5, 0.6) is 11.5 Å². The Bertz CT molecular complexity index is 756. The molecule has 2 aromatic rings. The minimum atomic E-state index is -0.205. The lowest BCUT2D eigenvalue weighted by Crippen LogP contribution is -2.35. The Morgan fingerprint density at radius 3 is 2.29 bits per heavy atom. The number of nitrogens with zero attached hydrogens (tertiary/aromatic N) is 1. The topological polar surface area (TPSA) is 50.8 Å². The average Bonchev–Trinajstić information content (AvgIpc) is 2.71. The van der Waals surface area contributed by atoms with E-state index in [0.717, 1.165) is 48.0 Å². The van der Waals surface area contributed by atoms with E-state index >= 15 is 0 Å². The molecule has 0 aliphatic carbocycles. The molecule has 2 aromatic carbocycles. The molecule has 1 fully saturated rings. The third-order valence-electron chi connectivity index (χ3n) is 4.83. The molecule has 0 radical (unpaired) electrons. The van der Waals surface area contributed by atoms with Crippen LogP contribution in [0.3, 0.4) is 0 Å². The maximum Gasteiger partial charge on any atom is 0.237 e. The molecular formula is C22H28N2O3S. The SMILES string of the molecule is COc1ccc(S[C@H](C)C(=O)Nc2ccc(OC3CCN(C)CC3)cc2)cc1. The molecule has 6 heteroatoms. The molecule has 1 heterocycles. The molecule has 1 aliphatic rings. The third-order valence-corrected chi connectivity index (χ3v) is 5.94. The van der Waals surface area contributed by atoms with Crippen LogP contribution in [0.25, 0.3) is 0 Å². The van der Waals surface area contributed by atoms with Crippen LogP contribution in [0, 0.1) is 0 Å². The Balaban J connectivity index is 1.49. The highest BCUT2D eigenvalue weighted by Crippen LogP contribution is 2.27. The molecule has 150 valence electrons. The number of likely N-dealkylation sites (tertiary alicyclic amines) is 1. The van der Waals surface area contributed by atoms with E-state index in [1.165, 1.54) is 11.8 Å². The highest BCUT2D eigenvalue weighted by Gasteiger charge is 2.18. The summed E-state index contributed by atoms with van der Waals surface area (Å²) in [5.41, 5.74) is 0.780. The molecule has 0 aromatic heterocycles. The number of hydrogen-bond acceptors (Lipinski definition) is 5. The normalized spacial score (nSPS) is 16.4. The van der Waals surface area contributed by atoms with Crippen LogP contribution < -0.4 is 14.8 Å². The molecule has 28 heavy (non-hydrogen) atoms. The van der Waals surface area contributed by atoms with Crippen molar-refractivity contribution in [2.75, 3.05) is 32.6 Å². The van der Waals surface area contributed by atoms with E-state index < -0.39 is 0 Å². The lowest BCUT2D eigenvalue weighted by atomic mass is 10.1. The Morgan fingerprint density at radius 2 is 1.68 bits per heavy atom. The summed E-state index contributed by atoms with van der Waals surface area (Å²) < 4.78 is 11.2. The largest absolute Gasteiger partial charge is 0.497 e. The molecule has 1 aliphatic heterocycles. The fourth-order valence-corrected chi connectivity index (χ4v) is 3.94. The number of benzene rings is 2. The molecule has 1 N–H and O–H groups in total. The number of piperidine rings is 1. The van der Waals surface area contributed by atoms with Gasteiger partial charge in [0.1, 0.15) is 17.6 Å². The number of rotatable bonds is 7. The number of thioether (sulfide) groups is 1. The Morgan fingerprint density at radius 1 is 1.07 bits per heavy atom. The number of amides is 1. The second-order valence-electron chi connectivity index (χ2n) is 7.07. The molecule has 1 amide bonds. The zero-order valence-electron chi connectivity index (χ0n) is 16.7. The van der Waals surface area contributed by atoms with Crippen molar-refractivity contribution in [1.82, 2.24) is 4.90 Å². The van der Waals surface area contributed by atoms with Crippen molar-refractivity contribution in [3.8, 4) is 11.5 Å². The van der Waals surface area contributed by atoms with Crippen molar-refractivity contribution in [2.45, 2.75) is 36.0 Å². The molecule has 3 rings (SSSR count). The fourth-order valence-electron chi connectivity index (χ4n) is 3.07. The van der Waals surface area contributed by atoms with Gasteiger partial charge < -0.3 is 19.7 Å². The molecule has 5 nitrogen and oxygen atoms in total. The maximum absolute atomic E-state index is 12.5. The minimum Gasteiger partial charge on any atom is -0.497 e. The van der Waals surface area contributed by atoms with E-state index in [2.05, 4.69) is 17.3 Å². The van der Waals surface area contributed by atoms with E-state index in [0.29, 0.717) is 0 Å². The van der Waals surface area contributed by atoms with Crippen LogP contribution in [0.2, 0.25) is 0 Å². The van der Waals surface area contributed by atoms with E-state index in [1.54, 1.807) is 7.11 Å². The average molecular weight is 401 g/mol. The number of nitrogens with one attached hydrogen (secondary N) is 1. The summed E-state index contributed by atoms with van der Waals surface area (Å²) in [5, 5.41) is 2.77. The van der Waals surface area contributed by atoms with Crippen LogP contribution in [-0.2, 0) is 4.79 Å². The van der Waals surface area contributed by atoms with Gasteiger partial charge in [0.25, 0.3) is 0 Å². The van der Waals surface area contributed by atoms with Gasteiger partial charge in [0.2, 0.25) is 5.91 Å². The second kappa shape index (κ2) is 9.85. The Labute approximate surface area is 171 Å². The molecular weight excluding hydrogens is 372 g/mol. The van der Waals surface area contributed by atoms with E-state index in [9.17, 15) is 4.79 Å². The van der Waals surface area contributed by atoms with Crippen LogP contribution in [0.4, 0.5) is 5.69 Å². The quantitative estimate of drug-likeness (QED) is 0.703. The third kappa shape index (κ3) is 5.91. The predicted molar refractivity (Wildman–Crippen MR) is 115 cm³/mol. The minimum absolute atomic E-state index is 0.0233. The van der Waals surface area contributed by atoms with Gasteiger partial charge in [0, 0.05) is 23.7 Å². The maximum atomic E-state index is 12.5. The first-order valence-corrected chi connectivity index (χ1v) is 10.5. The summed E-state index contributed by atoms with van der Waals surface area (Å²) >= 11 is 1.52. The van der Waals surface area contributed by atoms with Gasteiger partial charge >= 0.3 is 0 Å². The van der Waals surface area contributed by atoms with Crippen molar-refractivity contribution in [2.24, 2.45) is 0 Å². The zero-order chi connectivity index (χ0) is 19.9. The highest BCUT2D eigenvalue weighted by atomic mass is 32.2. The van der Waals surface area contributed by atoms with Crippen LogP contribution in [0.1, 0.15) is 19.8 Å². The van der Waals surface area contributed by atoms with Crippen molar-refractivity contribution in [1.29, 1.82) is 0 Å².